The molecule has 0 radical (unpaired) electrons. The molecule has 0 aliphatic rings. The Hall–Kier alpha value is -2.05. The van der Waals surface area contributed by atoms with Gasteiger partial charge in [-0.15, -0.1) is 0 Å². The fourth-order valence-electron chi connectivity index (χ4n) is 1.72. The standard InChI is InChI=1S/C13H17N5O/c1-2-5-19-11-6-10(7-16-8-11)13(18-14)12-3-4-15-9-17-12/h3-4,6-9,13,18H,2,5,14H2,1H3. The Bertz CT molecular complexity index is 505. The van der Waals surface area contributed by atoms with Crippen molar-refractivity contribution in [1.29, 1.82) is 0 Å². The minimum absolute atomic E-state index is 0.235. The van der Waals surface area contributed by atoms with E-state index in [-0.39, 0.29) is 6.04 Å². The smallest absolute Gasteiger partial charge is 0.137 e. The molecule has 0 saturated carbocycles. The molecular formula is C13H17N5O. The Morgan fingerprint density at radius 3 is 2.95 bits per heavy atom. The Balaban J connectivity index is 2.23. The van der Waals surface area contributed by atoms with Gasteiger partial charge in [-0.2, -0.15) is 0 Å². The van der Waals surface area contributed by atoms with Gasteiger partial charge < -0.3 is 4.74 Å². The van der Waals surface area contributed by atoms with E-state index in [1.807, 2.05) is 12.1 Å². The first kappa shape index (κ1) is 13.4. The molecule has 19 heavy (non-hydrogen) atoms. The van der Waals surface area contributed by atoms with Crippen LogP contribution in [0.5, 0.6) is 5.75 Å². The first-order valence-electron chi connectivity index (χ1n) is 6.15. The van der Waals surface area contributed by atoms with E-state index in [4.69, 9.17) is 10.6 Å². The number of nitrogens with zero attached hydrogens (tertiary/aromatic N) is 3. The summed E-state index contributed by atoms with van der Waals surface area (Å²) in [4.78, 5) is 12.3. The van der Waals surface area contributed by atoms with Crippen molar-refractivity contribution in [3.05, 3.63) is 48.3 Å². The van der Waals surface area contributed by atoms with Crippen LogP contribution in [0, 0.1) is 0 Å². The van der Waals surface area contributed by atoms with Crippen LogP contribution in [0.4, 0.5) is 0 Å². The highest BCUT2D eigenvalue weighted by Gasteiger charge is 2.14. The van der Waals surface area contributed by atoms with Gasteiger partial charge in [0.25, 0.3) is 0 Å². The summed E-state index contributed by atoms with van der Waals surface area (Å²) in [5, 5.41) is 0. The maximum Gasteiger partial charge on any atom is 0.137 e. The summed E-state index contributed by atoms with van der Waals surface area (Å²) >= 11 is 0. The Labute approximate surface area is 112 Å². The predicted octanol–water partition coefficient (Wildman–Crippen LogP) is 1.21. The van der Waals surface area contributed by atoms with E-state index in [1.54, 1.807) is 18.6 Å². The van der Waals surface area contributed by atoms with Crippen LogP contribution in [0.1, 0.15) is 30.6 Å². The summed E-state index contributed by atoms with van der Waals surface area (Å²) in [7, 11) is 0. The maximum absolute atomic E-state index is 5.61. The highest BCUT2D eigenvalue weighted by Crippen LogP contribution is 2.21. The van der Waals surface area contributed by atoms with Crippen molar-refractivity contribution >= 4 is 0 Å². The molecule has 100 valence electrons. The Morgan fingerprint density at radius 2 is 2.26 bits per heavy atom. The predicted molar refractivity (Wildman–Crippen MR) is 71.2 cm³/mol. The van der Waals surface area contributed by atoms with Crippen LogP contribution >= 0.6 is 0 Å². The van der Waals surface area contributed by atoms with Gasteiger partial charge in [-0.1, -0.05) is 6.92 Å². The molecule has 0 spiro atoms. The van der Waals surface area contributed by atoms with Crippen LogP contribution < -0.4 is 16.0 Å². The molecule has 6 heteroatoms. The molecule has 0 aliphatic heterocycles. The summed E-state index contributed by atoms with van der Waals surface area (Å²) in [6.07, 6.45) is 7.55. The molecule has 0 fully saturated rings. The number of rotatable bonds is 6. The maximum atomic E-state index is 5.61. The van der Waals surface area contributed by atoms with Crippen molar-refractivity contribution in [2.45, 2.75) is 19.4 Å². The first-order chi connectivity index (χ1) is 9.35. The summed E-state index contributed by atoms with van der Waals surface area (Å²) in [5.74, 6) is 6.34. The molecule has 3 N–H and O–H groups in total. The van der Waals surface area contributed by atoms with E-state index in [0.29, 0.717) is 6.61 Å². The average molecular weight is 259 g/mol. The van der Waals surface area contributed by atoms with E-state index in [0.717, 1.165) is 23.4 Å². The summed E-state index contributed by atoms with van der Waals surface area (Å²) in [5.41, 5.74) is 4.41. The minimum Gasteiger partial charge on any atom is -0.492 e. The number of hydrogen-bond donors (Lipinski definition) is 2. The van der Waals surface area contributed by atoms with E-state index in [9.17, 15) is 0 Å². The highest BCUT2D eigenvalue weighted by atomic mass is 16.5. The highest BCUT2D eigenvalue weighted by molar-refractivity contribution is 5.30. The van der Waals surface area contributed by atoms with Crippen LogP contribution in [0.2, 0.25) is 0 Å². The molecule has 1 unspecified atom stereocenters. The van der Waals surface area contributed by atoms with Gasteiger partial charge in [0.2, 0.25) is 0 Å². The monoisotopic (exact) mass is 259 g/mol. The number of hydrogen-bond acceptors (Lipinski definition) is 6. The van der Waals surface area contributed by atoms with Crippen LogP contribution in [0.25, 0.3) is 0 Å². The number of pyridine rings is 1. The van der Waals surface area contributed by atoms with Crippen molar-refractivity contribution in [2.75, 3.05) is 6.61 Å². The molecule has 2 heterocycles. The second kappa shape index (κ2) is 6.77. The number of ether oxygens (including phenoxy) is 1. The van der Waals surface area contributed by atoms with Gasteiger partial charge in [0.1, 0.15) is 12.1 Å². The SMILES string of the molecule is CCCOc1cncc(C(NN)c2ccncn2)c1. The zero-order valence-electron chi connectivity index (χ0n) is 10.8. The minimum atomic E-state index is -0.235. The number of hydrazine groups is 1. The molecule has 0 aliphatic carbocycles. The molecule has 6 nitrogen and oxygen atoms in total. The van der Waals surface area contributed by atoms with Crippen molar-refractivity contribution in [3.63, 3.8) is 0 Å². The summed E-state index contributed by atoms with van der Waals surface area (Å²) < 4.78 is 5.56. The Morgan fingerprint density at radius 1 is 1.37 bits per heavy atom. The van der Waals surface area contributed by atoms with Crippen LogP contribution in [0.15, 0.2) is 37.1 Å². The fraction of sp³-hybridized carbons (Fsp3) is 0.308. The van der Waals surface area contributed by atoms with Gasteiger partial charge in [0.15, 0.2) is 0 Å². The third kappa shape index (κ3) is 3.46. The van der Waals surface area contributed by atoms with Crippen LogP contribution in [0.3, 0.4) is 0 Å². The number of aromatic nitrogens is 3. The second-order valence-corrected chi connectivity index (χ2v) is 4.04. The third-order valence-corrected chi connectivity index (χ3v) is 2.61. The Kier molecular flexibility index (Phi) is 4.77. The molecule has 0 saturated heterocycles. The molecule has 2 rings (SSSR count). The largest absolute Gasteiger partial charge is 0.492 e. The molecule has 2 aromatic rings. The van der Waals surface area contributed by atoms with Crippen LogP contribution in [-0.2, 0) is 0 Å². The van der Waals surface area contributed by atoms with Crippen molar-refractivity contribution < 1.29 is 4.74 Å². The lowest BCUT2D eigenvalue weighted by molar-refractivity contribution is 0.315. The first-order valence-corrected chi connectivity index (χ1v) is 6.15. The van der Waals surface area contributed by atoms with Gasteiger partial charge >= 0.3 is 0 Å². The average Bonchev–Trinajstić information content (AvgIpc) is 2.47. The van der Waals surface area contributed by atoms with E-state index >= 15 is 0 Å². The summed E-state index contributed by atoms with van der Waals surface area (Å²) in [6.45, 7) is 2.72. The molecule has 0 aromatic carbocycles. The zero-order chi connectivity index (χ0) is 13.5. The zero-order valence-corrected chi connectivity index (χ0v) is 10.8. The van der Waals surface area contributed by atoms with E-state index in [1.165, 1.54) is 6.33 Å². The van der Waals surface area contributed by atoms with Gasteiger partial charge in [0.05, 0.1) is 24.5 Å². The molecule has 0 bridgehead atoms. The molecule has 1 atom stereocenters. The third-order valence-electron chi connectivity index (χ3n) is 2.61. The van der Waals surface area contributed by atoms with Gasteiger partial charge in [0, 0.05) is 12.4 Å². The normalized spacial score (nSPS) is 12.1. The fourth-order valence-corrected chi connectivity index (χ4v) is 1.72. The van der Waals surface area contributed by atoms with E-state index in [2.05, 4.69) is 27.3 Å². The lowest BCUT2D eigenvalue weighted by atomic mass is 10.1. The summed E-state index contributed by atoms with van der Waals surface area (Å²) in [6, 6.07) is 3.49. The quantitative estimate of drug-likeness (QED) is 0.599. The lowest BCUT2D eigenvalue weighted by Crippen LogP contribution is -2.29. The molecular weight excluding hydrogens is 242 g/mol. The second-order valence-electron chi connectivity index (χ2n) is 4.04. The topological polar surface area (TPSA) is 86.0 Å². The van der Waals surface area contributed by atoms with Gasteiger partial charge in [-0.25, -0.2) is 15.4 Å². The van der Waals surface area contributed by atoms with E-state index < -0.39 is 0 Å². The lowest BCUT2D eigenvalue weighted by Gasteiger charge is -2.16. The van der Waals surface area contributed by atoms with Crippen molar-refractivity contribution in [1.82, 2.24) is 20.4 Å². The van der Waals surface area contributed by atoms with Gasteiger partial charge in [-0.05, 0) is 24.1 Å². The van der Waals surface area contributed by atoms with Gasteiger partial charge in [-0.3, -0.25) is 10.8 Å². The van der Waals surface area contributed by atoms with Crippen LogP contribution in [-0.4, -0.2) is 21.6 Å². The molecule has 2 aromatic heterocycles. The molecule has 0 amide bonds. The number of nitrogens with one attached hydrogen (secondary N) is 1. The van der Waals surface area contributed by atoms with Crippen molar-refractivity contribution in [2.24, 2.45) is 5.84 Å². The number of nitrogens with two attached hydrogens (primary N) is 1. The van der Waals surface area contributed by atoms with Crippen molar-refractivity contribution in [3.8, 4) is 5.75 Å².